The molecule has 1 amide bonds. The Morgan fingerprint density at radius 2 is 1.82 bits per heavy atom. The average Bonchev–Trinajstić information content (AvgIpc) is 2.36. The van der Waals surface area contributed by atoms with Crippen molar-refractivity contribution in [3.8, 4) is 11.5 Å². The third kappa shape index (κ3) is 3.64. The molecule has 1 aromatic rings. The van der Waals surface area contributed by atoms with E-state index in [9.17, 15) is 4.79 Å². The number of hydrogen-bond donors (Lipinski definition) is 2. The molecular weight excluding hydrogens is 220 g/mol. The van der Waals surface area contributed by atoms with Gasteiger partial charge in [0.25, 0.3) is 0 Å². The topological polar surface area (TPSA) is 73.6 Å². The van der Waals surface area contributed by atoms with Crippen LogP contribution >= 0.6 is 0 Å². The van der Waals surface area contributed by atoms with E-state index in [1.807, 2.05) is 6.92 Å². The molecule has 0 aliphatic rings. The van der Waals surface area contributed by atoms with Crippen LogP contribution in [0.3, 0.4) is 0 Å². The first-order valence-corrected chi connectivity index (χ1v) is 5.40. The van der Waals surface area contributed by atoms with Gasteiger partial charge in [0.2, 0.25) is 5.91 Å². The average molecular weight is 238 g/mol. The molecule has 1 unspecified atom stereocenters. The summed E-state index contributed by atoms with van der Waals surface area (Å²) in [7, 11) is 3.11. The van der Waals surface area contributed by atoms with Gasteiger partial charge in [-0.25, -0.2) is 0 Å². The van der Waals surface area contributed by atoms with Crippen LogP contribution in [-0.4, -0.2) is 26.2 Å². The van der Waals surface area contributed by atoms with Gasteiger partial charge in [-0.05, 0) is 6.42 Å². The molecular formula is C12H18N2O3. The van der Waals surface area contributed by atoms with Gasteiger partial charge < -0.3 is 20.5 Å². The van der Waals surface area contributed by atoms with Gasteiger partial charge >= 0.3 is 0 Å². The first-order chi connectivity index (χ1) is 8.10. The van der Waals surface area contributed by atoms with Crippen molar-refractivity contribution in [2.45, 2.75) is 19.4 Å². The fraction of sp³-hybridized carbons (Fsp3) is 0.417. The van der Waals surface area contributed by atoms with Crippen molar-refractivity contribution in [3.63, 3.8) is 0 Å². The van der Waals surface area contributed by atoms with Crippen molar-refractivity contribution in [1.82, 2.24) is 0 Å². The Bertz CT molecular complexity index is 371. The van der Waals surface area contributed by atoms with Gasteiger partial charge in [0.05, 0.1) is 20.3 Å². The Kier molecular flexibility index (Phi) is 4.78. The highest BCUT2D eigenvalue weighted by atomic mass is 16.5. The maximum Gasteiger partial charge on any atom is 0.241 e. The summed E-state index contributed by atoms with van der Waals surface area (Å²) in [6.07, 6.45) is 0.590. The van der Waals surface area contributed by atoms with Crippen molar-refractivity contribution in [2.24, 2.45) is 5.73 Å². The molecule has 0 aromatic heterocycles. The van der Waals surface area contributed by atoms with Crippen LogP contribution in [-0.2, 0) is 4.79 Å². The largest absolute Gasteiger partial charge is 0.497 e. The van der Waals surface area contributed by atoms with E-state index in [0.29, 0.717) is 23.6 Å². The molecule has 0 spiro atoms. The number of nitrogens with two attached hydrogens (primary N) is 1. The lowest BCUT2D eigenvalue weighted by Crippen LogP contribution is -2.34. The highest BCUT2D eigenvalue weighted by molar-refractivity contribution is 5.94. The van der Waals surface area contributed by atoms with Gasteiger partial charge in [0.1, 0.15) is 11.5 Å². The second-order valence-electron chi connectivity index (χ2n) is 3.61. The van der Waals surface area contributed by atoms with Crippen LogP contribution in [0.5, 0.6) is 11.5 Å². The smallest absolute Gasteiger partial charge is 0.241 e. The van der Waals surface area contributed by atoms with E-state index < -0.39 is 6.04 Å². The number of carbonyl (C=O) groups is 1. The molecule has 5 heteroatoms. The molecule has 5 nitrogen and oxygen atoms in total. The minimum absolute atomic E-state index is 0.220. The van der Waals surface area contributed by atoms with E-state index in [-0.39, 0.29) is 5.91 Å². The summed E-state index contributed by atoms with van der Waals surface area (Å²) in [5.41, 5.74) is 6.24. The summed E-state index contributed by atoms with van der Waals surface area (Å²) in [5, 5.41) is 2.72. The fourth-order valence-corrected chi connectivity index (χ4v) is 1.30. The van der Waals surface area contributed by atoms with E-state index >= 15 is 0 Å². The molecule has 17 heavy (non-hydrogen) atoms. The molecule has 3 N–H and O–H groups in total. The number of hydrogen-bond acceptors (Lipinski definition) is 4. The maximum absolute atomic E-state index is 11.6. The molecule has 0 bridgehead atoms. The summed E-state index contributed by atoms with van der Waals surface area (Å²) in [6, 6.07) is 4.65. The molecule has 0 fully saturated rings. The van der Waals surface area contributed by atoms with Gasteiger partial charge in [-0.15, -0.1) is 0 Å². The number of rotatable bonds is 5. The highest BCUT2D eigenvalue weighted by Crippen LogP contribution is 2.25. The molecule has 1 atom stereocenters. The van der Waals surface area contributed by atoms with Crippen LogP contribution in [0.15, 0.2) is 18.2 Å². The maximum atomic E-state index is 11.6. The first kappa shape index (κ1) is 13.3. The Morgan fingerprint density at radius 3 is 2.24 bits per heavy atom. The first-order valence-electron chi connectivity index (χ1n) is 5.40. The van der Waals surface area contributed by atoms with Crippen molar-refractivity contribution in [1.29, 1.82) is 0 Å². The van der Waals surface area contributed by atoms with Gasteiger partial charge in [-0.1, -0.05) is 6.92 Å². The zero-order valence-electron chi connectivity index (χ0n) is 10.3. The van der Waals surface area contributed by atoms with Crippen molar-refractivity contribution in [2.75, 3.05) is 19.5 Å². The predicted molar refractivity (Wildman–Crippen MR) is 66.4 cm³/mol. The Labute approximate surface area is 101 Å². The number of ether oxygens (including phenoxy) is 2. The standard InChI is InChI=1S/C12H18N2O3/c1-4-11(13)12(15)14-8-5-9(16-2)7-10(6-8)17-3/h5-7,11H,4,13H2,1-3H3,(H,14,15). The lowest BCUT2D eigenvalue weighted by atomic mass is 10.2. The molecule has 0 saturated heterocycles. The monoisotopic (exact) mass is 238 g/mol. The summed E-state index contributed by atoms with van der Waals surface area (Å²) < 4.78 is 10.2. The van der Waals surface area contributed by atoms with Gasteiger partial charge in [-0.2, -0.15) is 0 Å². The third-order valence-corrected chi connectivity index (χ3v) is 2.40. The predicted octanol–water partition coefficient (Wildman–Crippen LogP) is 1.38. The van der Waals surface area contributed by atoms with Crippen LogP contribution in [0.4, 0.5) is 5.69 Å². The zero-order valence-corrected chi connectivity index (χ0v) is 10.3. The van der Waals surface area contributed by atoms with E-state index in [0.717, 1.165) is 0 Å². The lowest BCUT2D eigenvalue weighted by Gasteiger charge is -2.12. The van der Waals surface area contributed by atoms with Gasteiger partial charge in [0, 0.05) is 23.9 Å². The van der Waals surface area contributed by atoms with Crippen molar-refractivity contribution in [3.05, 3.63) is 18.2 Å². The summed E-state index contributed by atoms with van der Waals surface area (Å²) >= 11 is 0. The van der Waals surface area contributed by atoms with Gasteiger partial charge in [0.15, 0.2) is 0 Å². The third-order valence-electron chi connectivity index (χ3n) is 2.40. The SMILES string of the molecule is CCC(N)C(=O)Nc1cc(OC)cc(OC)c1. The molecule has 1 aromatic carbocycles. The molecule has 0 aliphatic heterocycles. The molecule has 0 aliphatic carbocycles. The molecule has 94 valence electrons. The summed E-state index contributed by atoms with van der Waals surface area (Å²) in [6.45, 7) is 1.86. The number of nitrogens with one attached hydrogen (secondary N) is 1. The molecule has 1 rings (SSSR count). The lowest BCUT2D eigenvalue weighted by molar-refractivity contribution is -0.117. The summed E-state index contributed by atoms with van der Waals surface area (Å²) in [5.74, 6) is 1.01. The number of benzene rings is 1. The number of anilines is 1. The van der Waals surface area contributed by atoms with Crippen LogP contribution in [0.25, 0.3) is 0 Å². The van der Waals surface area contributed by atoms with Crippen LogP contribution < -0.4 is 20.5 Å². The van der Waals surface area contributed by atoms with E-state index in [1.54, 1.807) is 32.4 Å². The quantitative estimate of drug-likeness (QED) is 0.812. The van der Waals surface area contributed by atoms with Crippen molar-refractivity contribution >= 4 is 11.6 Å². The van der Waals surface area contributed by atoms with E-state index in [4.69, 9.17) is 15.2 Å². The summed E-state index contributed by atoms with van der Waals surface area (Å²) in [4.78, 5) is 11.6. The highest BCUT2D eigenvalue weighted by Gasteiger charge is 2.12. The zero-order chi connectivity index (χ0) is 12.8. The second kappa shape index (κ2) is 6.10. The minimum Gasteiger partial charge on any atom is -0.497 e. The van der Waals surface area contributed by atoms with Crippen LogP contribution in [0.2, 0.25) is 0 Å². The van der Waals surface area contributed by atoms with E-state index in [2.05, 4.69) is 5.32 Å². The second-order valence-corrected chi connectivity index (χ2v) is 3.61. The van der Waals surface area contributed by atoms with Crippen LogP contribution in [0, 0.1) is 0 Å². The number of methoxy groups -OCH3 is 2. The van der Waals surface area contributed by atoms with Gasteiger partial charge in [-0.3, -0.25) is 4.79 Å². The molecule has 0 heterocycles. The fourth-order valence-electron chi connectivity index (χ4n) is 1.30. The van der Waals surface area contributed by atoms with Crippen LogP contribution in [0.1, 0.15) is 13.3 Å². The minimum atomic E-state index is -0.507. The number of carbonyl (C=O) groups excluding carboxylic acids is 1. The van der Waals surface area contributed by atoms with E-state index in [1.165, 1.54) is 0 Å². The van der Waals surface area contributed by atoms with Crippen molar-refractivity contribution < 1.29 is 14.3 Å². The molecule has 0 saturated carbocycles. The normalized spacial score (nSPS) is 11.8. The Hall–Kier alpha value is -1.75. The Balaban J connectivity index is 2.86. The molecule has 0 radical (unpaired) electrons. The number of amides is 1. The Morgan fingerprint density at radius 1 is 1.29 bits per heavy atom.